The Labute approximate surface area is 103 Å². The van der Waals surface area contributed by atoms with Gasteiger partial charge in [-0.1, -0.05) is 0 Å². The van der Waals surface area contributed by atoms with Crippen molar-refractivity contribution in [2.75, 3.05) is 0 Å². The number of hydrogen-bond donors (Lipinski definition) is 1. The van der Waals surface area contributed by atoms with Crippen LogP contribution in [0, 0.1) is 0 Å². The van der Waals surface area contributed by atoms with Crippen molar-refractivity contribution in [3.05, 3.63) is 54.5 Å². The summed E-state index contributed by atoms with van der Waals surface area (Å²) in [5.41, 5.74) is 1.54. The van der Waals surface area contributed by atoms with Crippen LogP contribution in [0.1, 0.15) is 10.4 Å². The van der Waals surface area contributed by atoms with Crippen LogP contribution in [-0.2, 0) is 0 Å². The Kier molecular flexibility index (Phi) is 2.53. The molecule has 4 heteroatoms. The Hall–Kier alpha value is -2.62. The number of H-pyrrole nitrogens is 1. The number of carbonyl (C=O) groups is 1. The average Bonchev–Trinajstić information content (AvgIpc) is 2.82. The summed E-state index contributed by atoms with van der Waals surface area (Å²) < 4.78 is 5.66. The van der Waals surface area contributed by atoms with Crippen LogP contribution in [0.2, 0.25) is 0 Å². The third-order valence-electron chi connectivity index (χ3n) is 2.68. The molecule has 0 radical (unpaired) electrons. The minimum Gasteiger partial charge on any atom is -0.456 e. The number of pyridine rings is 1. The predicted molar refractivity (Wildman–Crippen MR) is 68.0 cm³/mol. The van der Waals surface area contributed by atoms with E-state index in [2.05, 4.69) is 9.97 Å². The van der Waals surface area contributed by atoms with Crippen molar-refractivity contribution in [1.82, 2.24) is 9.97 Å². The van der Waals surface area contributed by atoms with Crippen LogP contribution in [-0.4, -0.2) is 16.3 Å². The summed E-state index contributed by atoms with van der Waals surface area (Å²) in [5.74, 6) is 1.35. The molecule has 88 valence electrons. The maximum absolute atomic E-state index is 10.9. The highest BCUT2D eigenvalue weighted by molar-refractivity contribution is 5.97. The lowest BCUT2D eigenvalue weighted by Gasteiger charge is -2.04. The number of carbonyl (C=O) groups excluding carboxylic acids is 1. The molecule has 18 heavy (non-hydrogen) atoms. The van der Waals surface area contributed by atoms with Gasteiger partial charge in [-0.25, -0.2) is 0 Å². The van der Waals surface area contributed by atoms with Gasteiger partial charge in [-0.2, -0.15) is 0 Å². The van der Waals surface area contributed by atoms with Crippen molar-refractivity contribution < 1.29 is 9.53 Å². The topological polar surface area (TPSA) is 55.0 Å². The van der Waals surface area contributed by atoms with Gasteiger partial charge in [-0.05, 0) is 30.3 Å². The largest absolute Gasteiger partial charge is 0.456 e. The maximum atomic E-state index is 10.9. The molecule has 0 fully saturated rings. The Balaban J connectivity index is 2.00. The summed E-state index contributed by atoms with van der Waals surface area (Å²) in [7, 11) is 0. The monoisotopic (exact) mass is 238 g/mol. The lowest BCUT2D eigenvalue weighted by molar-refractivity contribution is 0.112. The molecular weight excluding hydrogens is 228 g/mol. The Bertz CT molecular complexity index is 689. The zero-order chi connectivity index (χ0) is 12.4. The third-order valence-corrected chi connectivity index (χ3v) is 2.68. The zero-order valence-corrected chi connectivity index (χ0v) is 9.46. The van der Waals surface area contributed by atoms with E-state index in [4.69, 9.17) is 4.74 Å². The number of hydrogen-bond acceptors (Lipinski definition) is 3. The fourth-order valence-electron chi connectivity index (χ4n) is 1.83. The quantitative estimate of drug-likeness (QED) is 0.713. The van der Waals surface area contributed by atoms with Gasteiger partial charge in [0.1, 0.15) is 11.5 Å². The highest BCUT2D eigenvalue weighted by Crippen LogP contribution is 2.26. The van der Waals surface area contributed by atoms with Gasteiger partial charge < -0.3 is 9.72 Å². The summed E-state index contributed by atoms with van der Waals surface area (Å²) in [5, 5.41) is 0.853. The number of fused-ring (bicyclic) bond motifs is 1. The van der Waals surface area contributed by atoms with E-state index >= 15 is 0 Å². The van der Waals surface area contributed by atoms with Gasteiger partial charge in [-0.15, -0.1) is 0 Å². The van der Waals surface area contributed by atoms with Crippen LogP contribution in [0.5, 0.6) is 11.5 Å². The first-order valence-electron chi connectivity index (χ1n) is 5.51. The number of aromatic nitrogens is 2. The molecule has 0 bridgehead atoms. The van der Waals surface area contributed by atoms with Crippen LogP contribution in [0.3, 0.4) is 0 Å². The van der Waals surface area contributed by atoms with E-state index in [9.17, 15) is 4.79 Å². The van der Waals surface area contributed by atoms with Crippen LogP contribution in [0.4, 0.5) is 0 Å². The van der Waals surface area contributed by atoms with E-state index in [1.54, 1.807) is 24.7 Å². The van der Waals surface area contributed by atoms with E-state index in [-0.39, 0.29) is 0 Å². The second kappa shape index (κ2) is 4.33. The second-order valence-electron chi connectivity index (χ2n) is 3.86. The summed E-state index contributed by atoms with van der Waals surface area (Å²) in [6.07, 6.45) is 5.84. The lowest BCUT2D eigenvalue weighted by Crippen LogP contribution is -1.85. The molecule has 0 saturated carbocycles. The Morgan fingerprint density at radius 1 is 1.22 bits per heavy atom. The van der Waals surface area contributed by atoms with Crippen molar-refractivity contribution in [2.45, 2.75) is 0 Å². The molecule has 0 atom stereocenters. The number of rotatable bonds is 3. The van der Waals surface area contributed by atoms with Crippen molar-refractivity contribution in [3.8, 4) is 11.5 Å². The summed E-state index contributed by atoms with van der Waals surface area (Å²) in [6.45, 7) is 0. The minimum absolute atomic E-state index is 0.627. The molecule has 0 spiro atoms. The van der Waals surface area contributed by atoms with E-state index in [0.717, 1.165) is 17.2 Å². The van der Waals surface area contributed by atoms with Crippen molar-refractivity contribution in [2.24, 2.45) is 0 Å². The summed E-state index contributed by atoms with van der Waals surface area (Å²) >= 11 is 0. The number of benzene rings is 1. The lowest BCUT2D eigenvalue weighted by atomic mass is 10.2. The van der Waals surface area contributed by atoms with Gasteiger partial charge in [0.15, 0.2) is 6.29 Å². The summed E-state index contributed by atoms with van der Waals surface area (Å²) in [6, 6.07) is 9.20. The number of aromatic amines is 1. The highest BCUT2D eigenvalue weighted by atomic mass is 16.5. The molecule has 0 aliphatic heterocycles. The molecular formula is C14H10N2O2. The fraction of sp³-hybridized carbons (Fsp3) is 0. The standard InChI is InChI=1S/C14H10N2O2/c17-9-10-7-16-14-4-3-11(6-13(10)14)18-12-2-1-5-15-8-12/h1-9,16H. The van der Waals surface area contributed by atoms with Gasteiger partial charge in [0.05, 0.1) is 6.20 Å². The molecule has 0 aliphatic rings. The van der Waals surface area contributed by atoms with E-state index in [1.807, 2.05) is 24.3 Å². The summed E-state index contributed by atoms with van der Waals surface area (Å²) in [4.78, 5) is 17.9. The predicted octanol–water partition coefficient (Wildman–Crippen LogP) is 3.17. The first-order chi connectivity index (χ1) is 8.86. The van der Waals surface area contributed by atoms with Gasteiger partial charge in [0, 0.05) is 28.9 Å². The van der Waals surface area contributed by atoms with E-state index < -0.39 is 0 Å². The zero-order valence-electron chi connectivity index (χ0n) is 9.46. The van der Waals surface area contributed by atoms with Gasteiger partial charge >= 0.3 is 0 Å². The number of nitrogens with zero attached hydrogens (tertiary/aromatic N) is 1. The molecule has 0 unspecified atom stereocenters. The number of ether oxygens (including phenoxy) is 1. The van der Waals surface area contributed by atoms with E-state index in [1.165, 1.54) is 0 Å². The first kappa shape index (κ1) is 10.5. The van der Waals surface area contributed by atoms with Crippen molar-refractivity contribution in [1.29, 1.82) is 0 Å². The third kappa shape index (κ3) is 1.84. The molecule has 2 heterocycles. The average molecular weight is 238 g/mol. The fourth-order valence-corrected chi connectivity index (χ4v) is 1.83. The molecule has 0 saturated heterocycles. The van der Waals surface area contributed by atoms with Crippen molar-refractivity contribution >= 4 is 17.2 Å². The smallest absolute Gasteiger partial charge is 0.152 e. The SMILES string of the molecule is O=Cc1c[nH]c2ccc(Oc3cccnc3)cc12. The normalized spacial score (nSPS) is 10.4. The molecule has 2 aromatic heterocycles. The first-order valence-corrected chi connectivity index (χ1v) is 5.51. The highest BCUT2D eigenvalue weighted by Gasteiger charge is 2.05. The maximum Gasteiger partial charge on any atom is 0.152 e. The van der Waals surface area contributed by atoms with Crippen LogP contribution in [0.25, 0.3) is 10.9 Å². The minimum atomic E-state index is 0.627. The molecule has 1 aromatic carbocycles. The van der Waals surface area contributed by atoms with Crippen LogP contribution >= 0.6 is 0 Å². The van der Waals surface area contributed by atoms with Gasteiger partial charge in [0.25, 0.3) is 0 Å². The Morgan fingerprint density at radius 2 is 2.17 bits per heavy atom. The molecule has 0 amide bonds. The second-order valence-corrected chi connectivity index (χ2v) is 3.86. The van der Waals surface area contributed by atoms with E-state index in [0.29, 0.717) is 17.1 Å². The number of nitrogens with one attached hydrogen (secondary N) is 1. The molecule has 3 rings (SSSR count). The van der Waals surface area contributed by atoms with Gasteiger partial charge in [0.2, 0.25) is 0 Å². The Morgan fingerprint density at radius 3 is 2.94 bits per heavy atom. The van der Waals surface area contributed by atoms with Crippen LogP contribution in [0.15, 0.2) is 48.9 Å². The van der Waals surface area contributed by atoms with Crippen LogP contribution < -0.4 is 4.74 Å². The molecule has 1 N–H and O–H groups in total. The van der Waals surface area contributed by atoms with Crippen molar-refractivity contribution in [3.63, 3.8) is 0 Å². The van der Waals surface area contributed by atoms with Gasteiger partial charge in [-0.3, -0.25) is 9.78 Å². The molecule has 4 nitrogen and oxygen atoms in total. The molecule has 3 aromatic rings. The molecule has 0 aliphatic carbocycles. The number of aldehydes is 1.